The highest BCUT2D eigenvalue weighted by molar-refractivity contribution is 5.72. The van der Waals surface area contributed by atoms with Gasteiger partial charge in [0, 0.05) is 19.3 Å². The maximum absolute atomic E-state index is 11.5. The zero-order valence-corrected chi connectivity index (χ0v) is 12.3. The molecule has 110 valence electrons. The summed E-state index contributed by atoms with van der Waals surface area (Å²) >= 11 is 0. The summed E-state index contributed by atoms with van der Waals surface area (Å²) in [4.78, 5) is 18.2. The number of hydrogen-bond donors (Lipinski definition) is 1. The molecule has 0 saturated carbocycles. The predicted molar refractivity (Wildman–Crippen MR) is 78.4 cm³/mol. The van der Waals surface area contributed by atoms with Crippen molar-refractivity contribution < 1.29 is 9.53 Å². The van der Waals surface area contributed by atoms with Gasteiger partial charge in [-0.15, -0.1) is 0 Å². The summed E-state index contributed by atoms with van der Waals surface area (Å²) in [5.41, 5.74) is 1.21. The molecule has 0 amide bonds. The number of rotatable bonds is 5. The number of nitrogens with zero attached hydrogens (tertiary/aromatic N) is 2. The minimum atomic E-state index is -0.0682. The second kappa shape index (κ2) is 7.24. The summed E-state index contributed by atoms with van der Waals surface area (Å²) in [5, 5.41) is 3.19. The number of esters is 1. The third-order valence-electron chi connectivity index (χ3n) is 3.71. The number of anilines is 1. The van der Waals surface area contributed by atoms with Crippen molar-refractivity contribution >= 4 is 11.8 Å². The molecule has 5 heteroatoms. The molecule has 2 heterocycles. The summed E-state index contributed by atoms with van der Waals surface area (Å²) in [6.45, 7) is 5.71. The number of hydrogen-bond acceptors (Lipinski definition) is 5. The first-order valence-corrected chi connectivity index (χ1v) is 7.22. The molecule has 0 bridgehead atoms. The largest absolute Gasteiger partial charge is 0.469 e. The smallest absolute Gasteiger partial charge is 0.308 e. The maximum Gasteiger partial charge on any atom is 0.308 e. The quantitative estimate of drug-likeness (QED) is 0.833. The molecule has 0 atom stereocenters. The first kappa shape index (κ1) is 14.8. The summed E-state index contributed by atoms with van der Waals surface area (Å²) < 4.78 is 4.80. The number of carbonyl (C=O) groups is 1. The first-order valence-electron chi connectivity index (χ1n) is 7.22. The number of piperidine rings is 1. The van der Waals surface area contributed by atoms with E-state index in [4.69, 9.17) is 4.74 Å². The normalized spacial score (nSPS) is 16.9. The number of likely N-dealkylation sites (tertiary alicyclic amines) is 1. The van der Waals surface area contributed by atoms with Crippen molar-refractivity contribution in [1.29, 1.82) is 0 Å². The van der Waals surface area contributed by atoms with E-state index >= 15 is 0 Å². The number of carbonyl (C=O) groups excluding carboxylic acids is 1. The Morgan fingerprint density at radius 1 is 1.45 bits per heavy atom. The molecule has 2 rings (SSSR count). The molecule has 1 aromatic heterocycles. The van der Waals surface area contributed by atoms with Crippen molar-refractivity contribution in [1.82, 2.24) is 9.88 Å². The highest BCUT2D eigenvalue weighted by Crippen LogP contribution is 2.20. The zero-order valence-electron chi connectivity index (χ0n) is 12.3. The van der Waals surface area contributed by atoms with E-state index in [2.05, 4.69) is 28.2 Å². The van der Waals surface area contributed by atoms with Crippen LogP contribution in [0.2, 0.25) is 0 Å². The fourth-order valence-electron chi connectivity index (χ4n) is 2.56. The summed E-state index contributed by atoms with van der Waals surface area (Å²) in [6, 6.07) is 4.12. The Hall–Kier alpha value is -1.62. The van der Waals surface area contributed by atoms with Gasteiger partial charge in [-0.25, -0.2) is 4.98 Å². The lowest BCUT2D eigenvalue weighted by Crippen LogP contribution is -2.36. The molecule has 0 radical (unpaired) electrons. The predicted octanol–water partition coefficient (Wildman–Crippen LogP) is 1.90. The van der Waals surface area contributed by atoms with Gasteiger partial charge in [0.05, 0.1) is 13.0 Å². The van der Waals surface area contributed by atoms with Crippen LogP contribution in [0.5, 0.6) is 0 Å². The van der Waals surface area contributed by atoms with Crippen molar-refractivity contribution in [2.45, 2.75) is 26.3 Å². The molecule has 1 fully saturated rings. The lowest BCUT2D eigenvalue weighted by molar-refractivity contribution is -0.147. The second-order valence-corrected chi connectivity index (χ2v) is 5.16. The molecule has 0 aromatic carbocycles. The van der Waals surface area contributed by atoms with E-state index < -0.39 is 0 Å². The standard InChI is InChI=1S/C15H23N3O2/c1-3-16-14-5-4-12(10-17-14)11-18-8-6-13(7-9-18)15(19)20-2/h4-5,10,13H,3,6-9,11H2,1-2H3,(H,16,17). The molecule has 1 saturated heterocycles. The Morgan fingerprint density at radius 2 is 2.20 bits per heavy atom. The van der Waals surface area contributed by atoms with Crippen LogP contribution >= 0.6 is 0 Å². The van der Waals surface area contributed by atoms with Crippen LogP contribution in [0.25, 0.3) is 0 Å². The van der Waals surface area contributed by atoms with Crippen LogP contribution in [0.4, 0.5) is 5.82 Å². The fourth-order valence-corrected chi connectivity index (χ4v) is 2.56. The first-order chi connectivity index (χ1) is 9.72. The maximum atomic E-state index is 11.5. The van der Waals surface area contributed by atoms with E-state index in [-0.39, 0.29) is 11.9 Å². The van der Waals surface area contributed by atoms with Crippen LogP contribution in [0.1, 0.15) is 25.3 Å². The number of aromatic nitrogens is 1. The van der Waals surface area contributed by atoms with Gasteiger partial charge in [-0.2, -0.15) is 0 Å². The van der Waals surface area contributed by atoms with Crippen molar-refractivity contribution in [3.8, 4) is 0 Å². The van der Waals surface area contributed by atoms with Crippen molar-refractivity contribution in [2.75, 3.05) is 32.1 Å². The third-order valence-corrected chi connectivity index (χ3v) is 3.71. The van der Waals surface area contributed by atoms with Gasteiger partial charge in [0.25, 0.3) is 0 Å². The Labute approximate surface area is 120 Å². The summed E-state index contributed by atoms with van der Waals surface area (Å²) in [7, 11) is 1.46. The van der Waals surface area contributed by atoms with Gasteiger partial charge >= 0.3 is 5.97 Å². The average Bonchev–Trinajstić information content (AvgIpc) is 2.49. The molecule has 1 aliphatic rings. The molecular weight excluding hydrogens is 254 g/mol. The minimum absolute atomic E-state index is 0.0682. The van der Waals surface area contributed by atoms with Crippen molar-refractivity contribution in [2.24, 2.45) is 5.92 Å². The molecule has 1 N–H and O–H groups in total. The number of methoxy groups -OCH3 is 1. The Bertz CT molecular complexity index is 425. The topological polar surface area (TPSA) is 54.5 Å². The number of pyridine rings is 1. The second-order valence-electron chi connectivity index (χ2n) is 5.16. The average molecular weight is 277 g/mol. The van der Waals surface area contributed by atoms with E-state index in [1.807, 2.05) is 12.3 Å². The minimum Gasteiger partial charge on any atom is -0.469 e. The molecule has 0 unspecified atom stereocenters. The van der Waals surface area contributed by atoms with Crippen molar-refractivity contribution in [3.63, 3.8) is 0 Å². The van der Waals surface area contributed by atoms with Crippen LogP contribution in [0.3, 0.4) is 0 Å². The van der Waals surface area contributed by atoms with Gasteiger partial charge < -0.3 is 10.1 Å². The van der Waals surface area contributed by atoms with Crippen LogP contribution in [-0.4, -0.2) is 42.6 Å². The molecule has 1 aliphatic heterocycles. The zero-order chi connectivity index (χ0) is 14.4. The Morgan fingerprint density at radius 3 is 2.75 bits per heavy atom. The SMILES string of the molecule is CCNc1ccc(CN2CCC(C(=O)OC)CC2)cn1. The highest BCUT2D eigenvalue weighted by Gasteiger charge is 2.25. The highest BCUT2D eigenvalue weighted by atomic mass is 16.5. The Kier molecular flexibility index (Phi) is 5.35. The monoisotopic (exact) mass is 277 g/mol. The van der Waals surface area contributed by atoms with Crippen LogP contribution < -0.4 is 5.32 Å². The van der Waals surface area contributed by atoms with Gasteiger partial charge in [0.15, 0.2) is 0 Å². The van der Waals surface area contributed by atoms with Crippen LogP contribution in [0.15, 0.2) is 18.3 Å². The molecule has 0 spiro atoms. The van der Waals surface area contributed by atoms with Gasteiger partial charge in [-0.05, 0) is 44.5 Å². The molecule has 1 aromatic rings. The summed E-state index contributed by atoms with van der Waals surface area (Å²) in [5.74, 6) is 0.924. The third kappa shape index (κ3) is 3.93. The van der Waals surface area contributed by atoms with E-state index in [9.17, 15) is 4.79 Å². The van der Waals surface area contributed by atoms with Gasteiger partial charge in [0.1, 0.15) is 5.82 Å². The van der Waals surface area contributed by atoms with Gasteiger partial charge in [-0.1, -0.05) is 6.07 Å². The van der Waals surface area contributed by atoms with Crippen LogP contribution in [0, 0.1) is 5.92 Å². The number of nitrogens with one attached hydrogen (secondary N) is 1. The Balaban J connectivity index is 1.81. The van der Waals surface area contributed by atoms with E-state index in [0.717, 1.165) is 44.8 Å². The lowest BCUT2D eigenvalue weighted by Gasteiger charge is -2.30. The molecule has 0 aliphatic carbocycles. The van der Waals surface area contributed by atoms with Crippen molar-refractivity contribution in [3.05, 3.63) is 23.9 Å². The summed E-state index contributed by atoms with van der Waals surface area (Å²) in [6.07, 6.45) is 3.69. The number of ether oxygens (including phenoxy) is 1. The molecular formula is C15H23N3O2. The van der Waals surface area contributed by atoms with E-state index in [0.29, 0.717) is 0 Å². The van der Waals surface area contributed by atoms with Gasteiger partial charge in [-0.3, -0.25) is 9.69 Å². The fraction of sp³-hybridized carbons (Fsp3) is 0.600. The molecule has 20 heavy (non-hydrogen) atoms. The van der Waals surface area contributed by atoms with E-state index in [1.165, 1.54) is 12.7 Å². The van der Waals surface area contributed by atoms with Gasteiger partial charge in [0.2, 0.25) is 0 Å². The van der Waals surface area contributed by atoms with E-state index in [1.54, 1.807) is 0 Å². The lowest BCUT2D eigenvalue weighted by atomic mass is 9.97. The van der Waals surface area contributed by atoms with Crippen LogP contribution in [-0.2, 0) is 16.1 Å². The molecule has 5 nitrogen and oxygen atoms in total.